The molecule has 0 radical (unpaired) electrons. The van der Waals surface area contributed by atoms with Crippen molar-refractivity contribution < 1.29 is 24.5 Å². The van der Waals surface area contributed by atoms with Crippen LogP contribution in [0.5, 0.6) is 11.5 Å². The number of aliphatic hydroxyl groups excluding tert-OH is 1. The van der Waals surface area contributed by atoms with Crippen molar-refractivity contribution in [3.05, 3.63) is 83.4 Å². The number of benzene rings is 3. The molecule has 1 heterocycles. The summed E-state index contributed by atoms with van der Waals surface area (Å²) in [5, 5.41) is 22.7. The molecule has 0 amide bonds. The molecule has 3 aromatic rings. The first-order valence-electron chi connectivity index (χ1n) is 11.2. The maximum absolute atomic E-state index is 11.3. The summed E-state index contributed by atoms with van der Waals surface area (Å²) < 4.78 is 11.7. The van der Waals surface area contributed by atoms with Crippen LogP contribution in [0.1, 0.15) is 27.9 Å². The number of nitrogens with one attached hydrogen (secondary N) is 1. The maximum Gasteiger partial charge on any atom is 0.335 e. The van der Waals surface area contributed by atoms with Gasteiger partial charge in [0.1, 0.15) is 30.3 Å². The number of carbonyl (C=O) groups is 1. The summed E-state index contributed by atoms with van der Waals surface area (Å²) in [5.41, 5.74) is 4.27. The quantitative estimate of drug-likeness (QED) is 0.458. The molecule has 0 bridgehead atoms. The Morgan fingerprint density at radius 3 is 2.64 bits per heavy atom. The number of aromatic carboxylic acids is 1. The molecule has 33 heavy (non-hydrogen) atoms. The van der Waals surface area contributed by atoms with E-state index in [1.807, 2.05) is 61.5 Å². The van der Waals surface area contributed by atoms with Crippen LogP contribution in [0.4, 0.5) is 0 Å². The lowest BCUT2D eigenvalue weighted by molar-refractivity contribution is 0.0696. The maximum atomic E-state index is 11.3. The Labute approximate surface area is 193 Å². The molecule has 1 aliphatic rings. The van der Waals surface area contributed by atoms with E-state index in [4.69, 9.17) is 9.47 Å². The van der Waals surface area contributed by atoms with Gasteiger partial charge in [0.2, 0.25) is 0 Å². The Balaban J connectivity index is 1.28. The number of hydrogen-bond donors (Lipinski definition) is 3. The van der Waals surface area contributed by atoms with Crippen molar-refractivity contribution in [1.82, 2.24) is 5.32 Å². The first kappa shape index (κ1) is 22.8. The molecular weight excluding hydrogens is 418 g/mol. The number of aliphatic hydroxyl groups is 1. The monoisotopic (exact) mass is 447 g/mol. The van der Waals surface area contributed by atoms with E-state index >= 15 is 0 Å². The Morgan fingerprint density at radius 1 is 1.12 bits per heavy atom. The lowest BCUT2D eigenvalue weighted by Gasteiger charge is -2.27. The summed E-state index contributed by atoms with van der Waals surface area (Å²) in [6, 6.07) is 21.0. The van der Waals surface area contributed by atoms with Crippen molar-refractivity contribution in [1.29, 1.82) is 0 Å². The highest BCUT2D eigenvalue weighted by Gasteiger charge is 2.20. The predicted molar refractivity (Wildman–Crippen MR) is 127 cm³/mol. The summed E-state index contributed by atoms with van der Waals surface area (Å²) in [6.07, 6.45) is 1.24. The summed E-state index contributed by atoms with van der Waals surface area (Å²) in [5.74, 6) is 0.716. The fraction of sp³-hybridized carbons (Fsp3) is 0.296. The second kappa shape index (κ2) is 10.5. The van der Waals surface area contributed by atoms with E-state index in [2.05, 4.69) is 11.4 Å². The van der Waals surface area contributed by atoms with Crippen molar-refractivity contribution in [2.24, 2.45) is 0 Å². The molecule has 0 spiro atoms. The van der Waals surface area contributed by atoms with Gasteiger partial charge in [-0.05, 0) is 72.4 Å². The molecule has 3 N–H and O–H groups in total. The summed E-state index contributed by atoms with van der Waals surface area (Å²) >= 11 is 0. The standard InChI is InChI=1S/C27H29NO5/c1-18-13-19(8-11-25(18)27(30)31)20-9-12-26-21(14-20)7-10-24(33-26)16-28-15-22(29)17-32-23-5-3-2-4-6-23/h2-6,8-9,11-14,22,24,28-29H,7,10,15-17H2,1H3,(H,30,31). The molecule has 0 fully saturated rings. The van der Waals surface area contributed by atoms with Crippen molar-refractivity contribution >= 4 is 5.97 Å². The van der Waals surface area contributed by atoms with Crippen molar-refractivity contribution in [3.8, 4) is 22.6 Å². The van der Waals surface area contributed by atoms with Gasteiger partial charge in [0, 0.05) is 13.1 Å². The van der Waals surface area contributed by atoms with Gasteiger partial charge in [0.05, 0.1) is 5.56 Å². The molecule has 1 aliphatic heterocycles. The second-order valence-corrected chi connectivity index (χ2v) is 8.37. The minimum absolute atomic E-state index is 0.0442. The van der Waals surface area contributed by atoms with Gasteiger partial charge in [0.25, 0.3) is 0 Å². The van der Waals surface area contributed by atoms with Gasteiger partial charge in [-0.25, -0.2) is 4.79 Å². The van der Waals surface area contributed by atoms with Crippen LogP contribution >= 0.6 is 0 Å². The van der Waals surface area contributed by atoms with Crippen molar-refractivity contribution in [2.75, 3.05) is 19.7 Å². The van der Waals surface area contributed by atoms with Crippen LogP contribution in [0.25, 0.3) is 11.1 Å². The molecule has 0 aliphatic carbocycles. The third-order valence-corrected chi connectivity index (χ3v) is 5.82. The molecule has 6 nitrogen and oxygen atoms in total. The number of ether oxygens (including phenoxy) is 2. The smallest absolute Gasteiger partial charge is 0.335 e. The van der Waals surface area contributed by atoms with Crippen LogP contribution in [0.3, 0.4) is 0 Å². The number of aryl methyl sites for hydroxylation is 2. The highest BCUT2D eigenvalue weighted by molar-refractivity contribution is 5.90. The number of carboxylic acids is 1. The summed E-state index contributed by atoms with van der Waals surface area (Å²) in [6.45, 7) is 3.14. The molecule has 6 heteroatoms. The topological polar surface area (TPSA) is 88.0 Å². The van der Waals surface area contributed by atoms with Crippen LogP contribution in [0.2, 0.25) is 0 Å². The summed E-state index contributed by atoms with van der Waals surface area (Å²) in [7, 11) is 0. The minimum Gasteiger partial charge on any atom is -0.491 e. The number of fused-ring (bicyclic) bond motifs is 1. The van der Waals surface area contributed by atoms with Crippen molar-refractivity contribution in [2.45, 2.75) is 32.0 Å². The van der Waals surface area contributed by atoms with E-state index in [0.717, 1.165) is 46.6 Å². The SMILES string of the molecule is Cc1cc(-c2ccc3c(c2)CCC(CNCC(O)COc2ccccc2)O3)ccc1C(=O)O. The number of carboxylic acid groups (broad SMARTS) is 1. The van der Waals surface area contributed by atoms with Crippen LogP contribution in [-0.2, 0) is 6.42 Å². The largest absolute Gasteiger partial charge is 0.491 e. The zero-order valence-electron chi connectivity index (χ0n) is 18.7. The van der Waals surface area contributed by atoms with E-state index < -0.39 is 12.1 Å². The van der Waals surface area contributed by atoms with Crippen LogP contribution in [0, 0.1) is 6.92 Å². The molecule has 0 saturated carbocycles. The van der Waals surface area contributed by atoms with Gasteiger partial charge >= 0.3 is 5.97 Å². The predicted octanol–water partition coefficient (Wildman–Crippen LogP) is 4.08. The molecule has 172 valence electrons. The van der Waals surface area contributed by atoms with Crippen LogP contribution in [0.15, 0.2) is 66.7 Å². The van der Waals surface area contributed by atoms with E-state index in [0.29, 0.717) is 18.7 Å². The normalized spacial score (nSPS) is 15.9. The lowest BCUT2D eigenvalue weighted by Crippen LogP contribution is -2.39. The van der Waals surface area contributed by atoms with E-state index in [1.165, 1.54) is 0 Å². The molecule has 2 unspecified atom stereocenters. The van der Waals surface area contributed by atoms with E-state index in [9.17, 15) is 15.0 Å². The first-order valence-corrected chi connectivity index (χ1v) is 11.2. The number of rotatable bonds is 9. The zero-order valence-corrected chi connectivity index (χ0v) is 18.7. The molecule has 4 rings (SSSR count). The summed E-state index contributed by atoms with van der Waals surface area (Å²) in [4.78, 5) is 11.3. The number of para-hydroxylation sites is 1. The van der Waals surface area contributed by atoms with E-state index in [1.54, 1.807) is 6.07 Å². The fourth-order valence-corrected chi connectivity index (χ4v) is 4.03. The van der Waals surface area contributed by atoms with Gasteiger partial charge in [-0.2, -0.15) is 0 Å². The average molecular weight is 448 g/mol. The van der Waals surface area contributed by atoms with E-state index in [-0.39, 0.29) is 12.7 Å². The average Bonchev–Trinajstić information content (AvgIpc) is 2.82. The van der Waals surface area contributed by atoms with Gasteiger partial charge in [0.15, 0.2) is 0 Å². The van der Waals surface area contributed by atoms with Crippen LogP contribution in [-0.4, -0.2) is 48.1 Å². The van der Waals surface area contributed by atoms with Gasteiger partial charge in [-0.1, -0.05) is 36.4 Å². The minimum atomic E-state index is -0.909. The first-order chi connectivity index (χ1) is 16.0. The third-order valence-electron chi connectivity index (χ3n) is 5.82. The zero-order chi connectivity index (χ0) is 23.2. The van der Waals surface area contributed by atoms with Crippen molar-refractivity contribution in [3.63, 3.8) is 0 Å². The molecule has 3 aromatic carbocycles. The number of hydrogen-bond acceptors (Lipinski definition) is 5. The highest BCUT2D eigenvalue weighted by atomic mass is 16.5. The second-order valence-electron chi connectivity index (χ2n) is 8.37. The molecular formula is C27H29NO5. The molecule has 0 aromatic heterocycles. The Bertz CT molecular complexity index is 1100. The Morgan fingerprint density at radius 2 is 1.88 bits per heavy atom. The van der Waals surface area contributed by atoms with Gasteiger partial charge < -0.3 is 25.0 Å². The molecule has 2 atom stereocenters. The highest BCUT2D eigenvalue weighted by Crippen LogP contribution is 2.32. The lowest BCUT2D eigenvalue weighted by atomic mass is 9.95. The molecule has 0 saturated heterocycles. The third kappa shape index (κ3) is 5.92. The Hall–Kier alpha value is -3.35. The Kier molecular flexibility index (Phi) is 7.27. The van der Waals surface area contributed by atoms with Crippen LogP contribution < -0.4 is 14.8 Å². The van der Waals surface area contributed by atoms with Gasteiger partial charge in [-0.3, -0.25) is 0 Å². The van der Waals surface area contributed by atoms with Gasteiger partial charge in [-0.15, -0.1) is 0 Å². The fourth-order valence-electron chi connectivity index (χ4n) is 4.03.